The monoisotopic (exact) mass is 734 g/mol. The predicted octanol–water partition coefficient (Wildman–Crippen LogP) is 15.3. The molecule has 1 atom stereocenters. The Labute approximate surface area is 337 Å². The average Bonchev–Trinajstić information content (AvgIpc) is 3.29. The van der Waals surface area contributed by atoms with Gasteiger partial charge < -0.3 is 9.80 Å². The van der Waals surface area contributed by atoms with Gasteiger partial charge in [-0.3, -0.25) is 0 Å². The number of allylic oxidation sites excluding steroid dienone is 7. The van der Waals surface area contributed by atoms with Crippen molar-refractivity contribution in [1.29, 1.82) is 0 Å². The molecule has 0 N–H and O–H groups in total. The normalized spacial score (nSPS) is 14.8. The van der Waals surface area contributed by atoms with Crippen LogP contribution in [0.1, 0.15) is 26.2 Å². The Morgan fingerprint density at radius 1 is 0.439 bits per heavy atom. The summed E-state index contributed by atoms with van der Waals surface area (Å²) in [6.07, 6.45) is 16.7. The second-order valence-corrected chi connectivity index (χ2v) is 15.0. The molecule has 57 heavy (non-hydrogen) atoms. The third kappa shape index (κ3) is 7.94. The average molecular weight is 735 g/mol. The van der Waals surface area contributed by atoms with Crippen LogP contribution in [0.2, 0.25) is 0 Å². The number of nitrogens with zero attached hydrogens (tertiary/aromatic N) is 2. The van der Waals surface area contributed by atoms with Gasteiger partial charge in [0.05, 0.1) is 0 Å². The third-order valence-corrected chi connectivity index (χ3v) is 11.1. The summed E-state index contributed by atoms with van der Waals surface area (Å²) in [5.74, 6) is 0.539. The highest BCUT2D eigenvalue weighted by Gasteiger charge is 2.19. The molecule has 0 fully saturated rings. The standard InChI is InChI=1S/C55H46N2/c1-41-23-33-51(34-24-41)57(53-37-31-45(32-38-53)43-15-7-3-8-16-43)55-22-12-18-49(40-55)47-27-25-46(26-28-47)48-17-11-21-54(39-48)56(50-19-9-4-10-20-50)52-35-29-44(30-36-52)42-13-5-2-6-14-42/h2-9,11-19,21-23,25-41H,10,20,24H2,1H3. The largest absolute Gasteiger partial charge is 0.314 e. The van der Waals surface area contributed by atoms with Gasteiger partial charge in [-0.15, -0.1) is 0 Å². The van der Waals surface area contributed by atoms with Gasteiger partial charge in [0.25, 0.3) is 0 Å². The van der Waals surface area contributed by atoms with Crippen LogP contribution in [0.3, 0.4) is 0 Å². The first-order valence-corrected chi connectivity index (χ1v) is 20.1. The molecule has 0 aliphatic heterocycles. The molecule has 0 bridgehead atoms. The Balaban J connectivity index is 1.00. The van der Waals surface area contributed by atoms with Gasteiger partial charge in [0.15, 0.2) is 0 Å². The van der Waals surface area contributed by atoms with Gasteiger partial charge in [0.2, 0.25) is 0 Å². The fourth-order valence-corrected chi connectivity index (χ4v) is 7.96. The molecule has 0 aromatic heterocycles. The summed E-state index contributed by atoms with van der Waals surface area (Å²) in [6.45, 7) is 2.27. The second-order valence-electron chi connectivity index (χ2n) is 15.0. The van der Waals surface area contributed by atoms with E-state index in [1.807, 2.05) is 0 Å². The Kier molecular flexibility index (Phi) is 10.3. The minimum atomic E-state index is 0.539. The highest BCUT2D eigenvalue weighted by Crippen LogP contribution is 2.39. The lowest BCUT2D eigenvalue weighted by molar-refractivity contribution is 0.728. The number of anilines is 4. The van der Waals surface area contributed by atoms with Crippen molar-refractivity contribution in [3.05, 3.63) is 230 Å². The first-order chi connectivity index (χ1) is 28.2. The van der Waals surface area contributed by atoms with Crippen LogP contribution in [0.4, 0.5) is 22.7 Å². The van der Waals surface area contributed by atoms with Gasteiger partial charge in [0.1, 0.15) is 0 Å². The Bertz CT molecular complexity index is 2580. The highest BCUT2D eigenvalue weighted by molar-refractivity contribution is 5.80. The maximum atomic E-state index is 2.42. The van der Waals surface area contributed by atoms with E-state index < -0.39 is 0 Å². The Morgan fingerprint density at radius 2 is 0.895 bits per heavy atom. The van der Waals surface area contributed by atoms with Crippen LogP contribution in [0.25, 0.3) is 44.5 Å². The van der Waals surface area contributed by atoms with Gasteiger partial charge in [-0.25, -0.2) is 0 Å². The van der Waals surface area contributed by atoms with E-state index in [2.05, 4.69) is 235 Å². The molecule has 0 saturated heterocycles. The van der Waals surface area contributed by atoms with Gasteiger partial charge in [0, 0.05) is 34.1 Å². The summed E-state index contributed by atoms with van der Waals surface area (Å²) in [5, 5.41) is 0. The van der Waals surface area contributed by atoms with Crippen molar-refractivity contribution in [2.24, 2.45) is 5.92 Å². The minimum absolute atomic E-state index is 0.539. The summed E-state index contributed by atoms with van der Waals surface area (Å²) in [7, 11) is 0. The lowest BCUT2D eigenvalue weighted by Crippen LogP contribution is -2.17. The third-order valence-electron chi connectivity index (χ3n) is 11.1. The molecule has 0 heterocycles. The van der Waals surface area contributed by atoms with Crippen molar-refractivity contribution in [3.8, 4) is 44.5 Å². The maximum absolute atomic E-state index is 2.42. The lowest BCUT2D eigenvalue weighted by atomic mass is 9.98. The van der Waals surface area contributed by atoms with Crippen molar-refractivity contribution in [1.82, 2.24) is 0 Å². The molecule has 0 radical (unpaired) electrons. The quantitative estimate of drug-likeness (QED) is 0.138. The smallest absolute Gasteiger partial charge is 0.0467 e. The maximum Gasteiger partial charge on any atom is 0.0467 e. The zero-order valence-electron chi connectivity index (χ0n) is 32.4. The van der Waals surface area contributed by atoms with Gasteiger partial charge >= 0.3 is 0 Å². The van der Waals surface area contributed by atoms with Crippen molar-refractivity contribution >= 4 is 22.7 Å². The van der Waals surface area contributed by atoms with Crippen molar-refractivity contribution in [2.75, 3.05) is 9.80 Å². The van der Waals surface area contributed by atoms with E-state index in [0.29, 0.717) is 5.92 Å². The van der Waals surface area contributed by atoms with Crippen LogP contribution in [0.15, 0.2) is 230 Å². The van der Waals surface area contributed by atoms with Crippen molar-refractivity contribution in [3.63, 3.8) is 0 Å². The molecule has 1 unspecified atom stereocenters. The van der Waals surface area contributed by atoms with Crippen molar-refractivity contribution < 1.29 is 0 Å². The molecule has 0 spiro atoms. The molecule has 0 saturated carbocycles. The number of benzene rings is 7. The van der Waals surface area contributed by atoms with E-state index in [1.165, 1.54) is 61.6 Å². The fraction of sp³-hybridized carbons (Fsp3) is 0.0909. The molecule has 0 amide bonds. The summed E-state index contributed by atoms with van der Waals surface area (Å²) < 4.78 is 0. The summed E-state index contributed by atoms with van der Waals surface area (Å²) in [6, 6.07) is 66.0. The predicted molar refractivity (Wildman–Crippen MR) is 243 cm³/mol. The number of hydrogen-bond donors (Lipinski definition) is 0. The van der Waals surface area contributed by atoms with E-state index >= 15 is 0 Å². The van der Waals surface area contributed by atoms with Gasteiger partial charge in [-0.05, 0) is 130 Å². The van der Waals surface area contributed by atoms with E-state index in [1.54, 1.807) is 0 Å². The zero-order valence-corrected chi connectivity index (χ0v) is 32.4. The molecule has 7 aromatic rings. The highest BCUT2D eigenvalue weighted by atomic mass is 15.2. The molecular formula is C55H46N2. The fourth-order valence-electron chi connectivity index (χ4n) is 7.96. The molecule has 2 aliphatic carbocycles. The summed E-state index contributed by atoms with van der Waals surface area (Å²) in [5.41, 5.74) is 16.8. The molecule has 276 valence electrons. The molecule has 9 rings (SSSR count). The molecule has 2 nitrogen and oxygen atoms in total. The minimum Gasteiger partial charge on any atom is -0.314 e. The Morgan fingerprint density at radius 3 is 1.39 bits per heavy atom. The van der Waals surface area contributed by atoms with Crippen LogP contribution in [-0.4, -0.2) is 0 Å². The lowest BCUT2D eigenvalue weighted by Gasteiger charge is -2.29. The van der Waals surface area contributed by atoms with Crippen LogP contribution < -0.4 is 9.80 Å². The number of rotatable bonds is 10. The molecular weight excluding hydrogens is 689 g/mol. The first kappa shape index (κ1) is 35.8. The van der Waals surface area contributed by atoms with E-state index in [4.69, 9.17) is 0 Å². The van der Waals surface area contributed by atoms with E-state index in [0.717, 1.165) is 36.3 Å². The second kappa shape index (κ2) is 16.5. The van der Waals surface area contributed by atoms with Crippen LogP contribution in [-0.2, 0) is 0 Å². The SMILES string of the molecule is CC1C=CC(N(c2ccc(-c3ccccc3)cc2)c2cccc(-c3ccc(-c4cccc(N(C5=CC=CCC5)c5ccc(-c6ccccc6)cc5)c4)cc3)c2)=CC1. The van der Waals surface area contributed by atoms with Crippen LogP contribution in [0, 0.1) is 5.92 Å². The summed E-state index contributed by atoms with van der Waals surface area (Å²) >= 11 is 0. The van der Waals surface area contributed by atoms with Crippen LogP contribution >= 0.6 is 0 Å². The Hall–Kier alpha value is -6.90. The molecule has 7 aromatic carbocycles. The zero-order chi connectivity index (χ0) is 38.4. The van der Waals surface area contributed by atoms with Crippen molar-refractivity contribution in [2.45, 2.75) is 26.2 Å². The van der Waals surface area contributed by atoms with E-state index in [-0.39, 0.29) is 0 Å². The first-order valence-electron chi connectivity index (χ1n) is 20.1. The van der Waals surface area contributed by atoms with E-state index in [9.17, 15) is 0 Å². The van der Waals surface area contributed by atoms with Gasteiger partial charge in [-0.2, -0.15) is 0 Å². The molecule has 2 aliphatic rings. The molecule has 2 heteroatoms. The van der Waals surface area contributed by atoms with Crippen LogP contribution in [0.5, 0.6) is 0 Å². The topological polar surface area (TPSA) is 6.48 Å². The van der Waals surface area contributed by atoms with Gasteiger partial charge in [-0.1, -0.05) is 165 Å². The summed E-state index contributed by atoms with van der Waals surface area (Å²) in [4.78, 5) is 4.80. The number of hydrogen-bond acceptors (Lipinski definition) is 2.